The van der Waals surface area contributed by atoms with Crippen LogP contribution in [0, 0.1) is 0 Å². The Morgan fingerprint density at radius 1 is 1.07 bits per heavy atom. The van der Waals surface area contributed by atoms with Gasteiger partial charge in [-0.15, -0.1) is 0 Å². The molecule has 1 aliphatic rings. The summed E-state index contributed by atoms with van der Waals surface area (Å²) in [5.74, 6) is -0.380. The Kier molecular flexibility index (Phi) is 5.31. The van der Waals surface area contributed by atoms with E-state index in [0.29, 0.717) is 6.54 Å². The Labute approximate surface area is 160 Å². The number of benzene rings is 2. The zero-order valence-electron chi connectivity index (χ0n) is 15.4. The predicted octanol–water partition coefficient (Wildman–Crippen LogP) is 4.05. The van der Waals surface area contributed by atoms with Crippen molar-refractivity contribution in [2.45, 2.75) is 32.5 Å². The first-order valence-electron chi connectivity index (χ1n) is 8.81. The number of nitrogens with one attached hydrogen (secondary N) is 2. The molecule has 0 bridgehead atoms. The van der Waals surface area contributed by atoms with Crippen LogP contribution in [-0.2, 0) is 22.2 Å². The van der Waals surface area contributed by atoms with Gasteiger partial charge in [-0.3, -0.25) is 9.59 Å². The maximum atomic E-state index is 12.6. The van der Waals surface area contributed by atoms with Gasteiger partial charge in [0.15, 0.2) is 0 Å². The summed E-state index contributed by atoms with van der Waals surface area (Å²) < 4.78 is 37.8. The van der Waals surface area contributed by atoms with E-state index in [1.165, 1.54) is 19.1 Å². The second kappa shape index (κ2) is 7.53. The SMILES string of the molecule is CC(=O)N1CCc2cc(N[C@@H](C)C(=O)Nc3ccc(C(F)(F)F)cc3)ccc21. The van der Waals surface area contributed by atoms with Crippen molar-refractivity contribution in [3.05, 3.63) is 53.6 Å². The average Bonchev–Trinajstić information content (AvgIpc) is 3.04. The van der Waals surface area contributed by atoms with Gasteiger partial charge in [-0.25, -0.2) is 0 Å². The fraction of sp³-hybridized carbons (Fsp3) is 0.300. The third-order valence-electron chi connectivity index (χ3n) is 4.61. The lowest BCUT2D eigenvalue weighted by Gasteiger charge is -2.18. The van der Waals surface area contributed by atoms with Gasteiger partial charge in [-0.05, 0) is 61.4 Å². The summed E-state index contributed by atoms with van der Waals surface area (Å²) in [6, 6.07) is 9.22. The molecule has 0 spiro atoms. The van der Waals surface area contributed by atoms with E-state index in [1.807, 2.05) is 12.1 Å². The molecule has 3 rings (SSSR count). The zero-order valence-corrected chi connectivity index (χ0v) is 15.4. The highest BCUT2D eigenvalue weighted by atomic mass is 19.4. The molecule has 2 N–H and O–H groups in total. The molecular weight excluding hydrogens is 371 g/mol. The number of hydrogen-bond donors (Lipinski definition) is 2. The number of amides is 2. The van der Waals surface area contributed by atoms with Gasteiger partial charge in [0.2, 0.25) is 11.8 Å². The molecule has 8 heteroatoms. The number of carbonyl (C=O) groups is 2. The number of hydrogen-bond acceptors (Lipinski definition) is 3. The third-order valence-corrected chi connectivity index (χ3v) is 4.61. The highest BCUT2D eigenvalue weighted by Gasteiger charge is 2.30. The van der Waals surface area contributed by atoms with Crippen LogP contribution in [-0.4, -0.2) is 24.4 Å². The molecule has 2 aromatic rings. The lowest BCUT2D eigenvalue weighted by Crippen LogP contribution is -2.31. The van der Waals surface area contributed by atoms with Gasteiger partial charge in [0.25, 0.3) is 0 Å². The highest BCUT2D eigenvalue weighted by molar-refractivity contribution is 5.97. The van der Waals surface area contributed by atoms with Crippen LogP contribution in [0.4, 0.5) is 30.2 Å². The summed E-state index contributed by atoms with van der Waals surface area (Å²) in [6.07, 6.45) is -3.67. The van der Waals surface area contributed by atoms with Crippen molar-refractivity contribution in [2.75, 3.05) is 22.1 Å². The van der Waals surface area contributed by atoms with E-state index in [0.717, 1.165) is 35.5 Å². The van der Waals surface area contributed by atoms with Crippen LogP contribution in [0.1, 0.15) is 25.0 Å². The van der Waals surface area contributed by atoms with E-state index >= 15 is 0 Å². The zero-order chi connectivity index (χ0) is 20.5. The van der Waals surface area contributed by atoms with Crippen LogP contribution in [0.5, 0.6) is 0 Å². The molecule has 0 aromatic heterocycles. The molecule has 148 valence electrons. The number of halogens is 3. The Morgan fingerprint density at radius 2 is 1.71 bits per heavy atom. The molecule has 28 heavy (non-hydrogen) atoms. The molecule has 2 aromatic carbocycles. The molecule has 0 unspecified atom stereocenters. The second-order valence-corrected chi connectivity index (χ2v) is 6.69. The summed E-state index contributed by atoms with van der Waals surface area (Å²) in [5, 5.41) is 5.67. The first-order chi connectivity index (χ1) is 13.1. The molecule has 2 amide bonds. The molecule has 1 heterocycles. The minimum atomic E-state index is -4.41. The van der Waals surface area contributed by atoms with Crippen molar-refractivity contribution in [3.8, 4) is 0 Å². The quantitative estimate of drug-likeness (QED) is 0.827. The summed E-state index contributed by atoms with van der Waals surface area (Å²) in [6.45, 7) is 3.82. The number of carbonyl (C=O) groups excluding carboxylic acids is 2. The van der Waals surface area contributed by atoms with Crippen molar-refractivity contribution in [1.29, 1.82) is 0 Å². The Balaban J connectivity index is 1.63. The lowest BCUT2D eigenvalue weighted by atomic mass is 10.1. The van der Waals surface area contributed by atoms with Gasteiger partial charge in [0, 0.05) is 30.5 Å². The Morgan fingerprint density at radius 3 is 2.32 bits per heavy atom. The monoisotopic (exact) mass is 391 g/mol. The molecule has 0 saturated heterocycles. The normalized spacial score (nSPS) is 14.4. The van der Waals surface area contributed by atoms with Crippen molar-refractivity contribution in [3.63, 3.8) is 0 Å². The maximum Gasteiger partial charge on any atom is 0.416 e. The van der Waals surface area contributed by atoms with Gasteiger partial charge < -0.3 is 15.5 Å². The van der Waals surface area contributed by atoms with Crippen LogP contribution in [0.25, 0.3) is 0 Å². The minimum Gasteiger partial charge on any atom is -0.374 e. The van der Waals surface area contributed by atoms with Crippen molar-refractivity contribution < 1.29 is 22.8 Å². The highest BCUT2D eigenvalue weighted by Crippen LogP contribution is 2.31. The number of fused-ring (bicyclic) bond motifs is 1. The van der Waals surface area contributed by atoms with Crippen molar-refractivity contribution in [1.82, 2.24) is 0 Å². The molecular formula is C20H20F3N3O2. The minimum absolute atomic E-state index is 0.0104. The number of rotatable bonds is 4. The predicted molar refractivity (Wildman–Crippen MR) is 101 cm³/mol. The molecule has 0 radical (unpaired) electrons. The molecule has 0 saturated carbocycles. The van der Waals surface area contributed by atoms with Crippen LogP contribution < -0.4 is 15.5 Å². The smallest absolute Gasteiger partial charge is 0.374 e. The third kappa shape index (κ3) is 4.27. The van der Waals surface area contributed by atoms with Crippen LogP contribution in [0.3, 0.4) is 0 Å². The maximum absolute atomic E-state index is 12.6. The van der Waals surface area contributed by atoms with Crippen LogP contribution in [0.15, 0.2) is 42.5 Å². The largest absolute Gasteiger partial charge is 0.416 e. The summed E-state index contributed by atoms with van der Waals surface area (Å²) >= 11 is 0. The standard InChI is InChI=1S/C20H20F3N3O2/c1-12(19(28)25-16-5-3-15(4-6-16)20(21,22)23)24-17-7-8-18-14(11-17)9-10-26(18)13(2)27/h3-8,11-12,24H,9-10H2,1-2H3,(H,25,28)/t12-/m0/s1. The van der Waals surface area contributed by atoms with E-state index in [-0.39, 0.29) is 17.5 Å². The van der Waals surface area contributed by atoms with Gasteiger partial charge >= 0.3 is 6.18 Å². The van der Waals surface area contributed by atoms with Crippen LogP contribution in [0.2, 0.25) is 0 Å². The van der Waals surface area contributed by atoms with Gasteiger partial charge in [0.05, 0.1) is 5.56 Å². The molecule has 0 aliphatic carbocycles. The van der Waals surface area contributed by atoms with Gasteiger partial charge in [0.1, 0.15) is 6.04 Å². The van der Waals surface area contributed by atoms with Crippen molar-refractivity contribution in [2.24, 2.45) is 0 Å². The van der Waals surface area contributed by atoms with E-state index in [1.54, 1.807) is 17.9 Å². The first-order valence-corrected chi connectivity index (χ1v) is 8.81. The van der Waals surface area contributed by atoms with E-state index in [2.05, 4.69) is 10.6 Å². The average molecular weight is 391 g/mol. The molecule has 1 atom stereocenters. The van der Waals surface area contributed by atoms with Gasteiger partial charge in [-0.1, -0.05) is 0 Å². The molecule has 1 aliphatic heterocycles. The van der Waals surface area contributed by atoms with E-state index in [4.69, 9.17) is 0 Å². The summed E-state index contributed by atoms with van der Waals surface area (Å²) in [4.78, 5) is 25.6. The number of alkyl halides is 3. The van der Waals surface area contributed by atoms with Gasteiger partial charge in [-0.2, -0.15) is 13.2 Å². The fourth-order valence-electron chi connectivity index (χ4n) is 3.13. The fourth-order valence-corrected chi connectivity index (χ4v) is 3.13. The molecule has 0 fully saturated rings. The van der Waals surface area contributed by atoms with Crippen molar-refractivity contribution >= 4 is 28.9 Å². The Hall–Kier alpha value is -3.03. The second-order valence-electron chi connectivity index (χ2n) is 6.69. The lowest BCUT2D eigenvalue weighted by molar-refractivity contribution is -0.137. The molecule has 5 nitrogen and oxygen atoms in total. The van der Waals surface area contributed by atoms with Crippen LogP contribution >= 0.6 is 0 Å². The Bertz CT molecular complexity index is 895. The number of anilines is 3. The van der Waals surface area contributed by atoms with E-state index < -0.39 is 17.8 Å². The summed E-state index contributed by atoms with van der Waals surface area (Å²) in [7, 11) is 0. The summed E-state index contributed by atoms with van der Waals surface area (Å²) in [5.41, 5.74) is 2.15. The topological polar surface area (TPSA) is 61.4 Å². The van der Waals surface area contributed by atoms with E-state index in [9.17, 15) is 22.8 Å². The first kappa shape index (κ1) is 19.7. The number of nitrogens with zero attached hydrogens (tertiary/aromatic N) is 1.